The van der Waals surface area contributed by atoms with Gasteiger partial charge in [0.05, 0.1) is 28.4 Å². The van der Waals surface area contributed by atoms with E-state index in [-0.39, 0.29) is 12.4 Å². The lowest BCUT2D eigenvalue weighted by atomic mass is 10.2. The number of hydrogen-bond acceptors (Lipinski definition) is 8. The number of nitrogens with zero attached hydrogens (tertiary/aromatic N) is 3. The van der Waals surface area contributed by atoms with E-state index in [9.17, 15) is 20.0 Å². The van der Waals surface area contributed by atoms with Gasteiger partial charge in [-0.2, -0.15) is 5.10 Å². The van der Waals surface area contributed by atoms with E-state index in [4.69, 9.17) is 4.74 Å². The molecular weight excluding hydrogens is 348 g/mol. The minimum absolute atomic E-state index is 0.0293. The van der Waals surface area contributed by atoms with Gasteiger partial charge in [-0.25, -0.2) is 10.4 Å². The summed E-state index contributed by atoms with van der Waals surface area (Å²) in [5, 5.41) is 25.4. The van der Waals surface area contributed by atoms with Crippen molar-refractivity contribution in [3.8, 4) is 11.5 Å². The number of hydrogen-bond donors (Lipinski definition) is 2. The molecule has 0 fully saturated rings. The molecule has 0 aliphatic heterocycles. The van der Waals surface area contributed by atoms with Crippen molar-refractivity contribution in [2.24, 2.45) is 5.10 Å². The number of nitro groups is 1. The molecule has 1 heterocycles. The third-order valence-corrected chi connectivity index (χ3v) is 4.13. The van der Waals surface area contributed by atoms with Gasteiger partial charge >= 0.3 is 5.69 Å². The van der Waals surface area contributed by atoms with Gasteiger partial charge in [0, 0.05) is 11.6 Å². The van der Waals surface area contributed by atoms with Crippen LogP contribution in [0.15, 0.2) is 17.2 Å². The molecule has 1 amide bonds. The zero-order valence-electron chi connectivity index (χ0n) is 13.8. The number of ether oxygens (including phenoxy) is 1. The molecule has 0 bridgehead atoms. The topological polar surface area (TPSA) is 127 Å². The van der Waals surface area contributed by atoms with Gasteiger partial charge < -0.3 is 9.84 Å². The van der Waals surface area contributed by atoms with Gasteiger partial charge in [-0.15, -0.1) is 11.3 Å². The Kier molecular flexibility index (Phi) is 5.65. The Morgan fingerprint density at radius 2 is 2.24 bits per heavy atom. The molecule has 2 N–H and O–H groups in total. The minimum atomic E-state index is -0.725. The van der Waals surface area contributed by atoms with Crippen LogP contribution in [0.4, 0.5) is 5.69 Å². The summed E-state index contributed by atoms with van der Waals surface area (Å²) in [5.41, 5.74) is 2.74. The smallest absolute Gasteiger partial charge is 0.315 e. The number of benzene rings is 1. The van der Waals surface area contributed by atoms with Gasteiger partial charge in [0.25, 0.3) is 5.91 Å². The van der Waals surface area contributed by atoms with E-state index in [1.54, 1.807) is 20.8 Å². The van der Waals surface area contributed by atoms with E-state index >= 15 is 0 Å². The molecule has 0 atom stereocenters. The Morgan fingerprint density at radius 3 is 2.80 bits per heavy atom. The predicted octanol–water partition coefficient (Wildman–Crippen LogP) is 2.54. The molecule has 0 radical (unpaired) electrons. The third-order valence-electron chi connectivity index (χ3n) is 3.06. The number of phenols is 1. The maximum atomic E-state index is 12.0. The number of aryl methyl sites for hydroxylation is 2. The van der Waals surface area contributed by atoms with Crippen molar-refractivity contribution >= 4 is 29.1 Å². The Hall–Kier alpha value is -3.01. The highest BCUT2D eigenvalue weighted by Crippen LogP contribution is 2.36. The maximum absolute atomic E-state index is 12.0. The molecule has 0 spiro atoms. The number of thiazole rings is 1. The fourth-order valence-electron chi connectivity index (χ4n) is 2.05. The number of nitrogens with one attached hydrogen (secondary N) is 1. The van der Waals surface area contributed by atoms with Crippen LogP contribution in [0.5, 0.6) is 11.5 Å². The Balaban J connectivity index is 2.21. The summed E-state index contributed by atoms with van der Waals surface area (Å²) in [6.45, 7) is 5.43. The fourth-order valence-corrected chi connectivity index (χ4v) is 2.86. The van der Waals surface area contributed by atoms with E-state index in [0.717, 1.165) is 11.1 Å². The van der Waals surface area contributed by atoms with Crippen LogP contribution in [0.3, 0.4) is 0 Å². The van der Waals surface area contributed by atoms with Gasteiger partial charge in [0.15, 0.2) is 5.75 Å². The predicted molar refractivity (Wildman–Crippen MR) is 92.6 cm³/mol. The Morgan fingerprint density at radius 1 is 1.52 bits per heavy atom. The van der Waals surface area contributed by atoms with Crippen LogP contribution < -0.4 is 10.2 Å². The van der Waals surface area contributed by atoms with Crippen molar-refractivity contribution in [1.29, 1.82) is 0 Å². The number of nitro benzene ring substituents is 1. The average molecular weight is 364 g/mol. The summed E-state index contributed by atoms with van der Waals surface area (Å²) in [6, 6.07) is 2.53. The number of rotatable bonds is 6. The van der Waals surface area contributed by atoms with E-state index in [1.807, 2.05) is 0 Å². The number of carbonyl (C=O) groups excluding carboxylic acids is 1. The van der Waals surface area contributed by atoms with Crippen LogP contribution in [-0.4, -0.2) is 33.7 Å². The monoisotopic (exact) mass is 364 g/mol. The van der Waals surface area contributed by atoms with Crippen molar-refractivity contribution in [3.63, 3.8) is 0 Å². The first-order valence-electron chi connectivity index (χ1n) is 7.25. The standard InChI is InChI=1S/C15H16N4O5S/c1-4-24-12-6-10(5-11(13(12)20)19(22)23)7-16-18-15(21)14-8(2)17-9(3)25-14/h5-7,20H,4H2,1-3H3,(H,18,21)/b16-7+. The lowest BCUT2D eigenvalue weighted by Crippen LogP contribution is -2.17. The second kappa shape index (κ2) is 7.71. The van der Waals surface area contributed by atoms with Crippen LogP contribution in [0.1, 0.15) is 32.9 Å². The zero-order chi connectivity index (χ0) is 18.6. The van der Waals surface area contributed by atoms with Crippen LogP contribution in [0.2, 0.25) is 0 Å². The van der Waals surface area contributed by atoms with Crippen molar-refractivity contribution in [1.82, 2.24) is 10.4 Å². The van der Waals surface area contributed by atoms with Gasteiger partial charge in [0.1, 0.15) is 4.88 Å². The molecule has 1 aromatic heterocycles. The Labute approximate surface area is 147 Å². The van der Waals surface area contributed by atoms with Gasteiger partial charge in [-0.1, -0.05) is 0 Å². The van der Waals surface area contributed by atoms with E-state index in [2.05, 4.69) is 15.5 Å². The number of aromatic hydroxyl groups is 1. The summed E-state index contributed by atoms with van der Waals surface area (Å²) in [7, 11) is 0. The highest BCUT2D eigenvalue weighted by Gasteiger charge is 2.20. The molecule has 10 heteroatoms. The SMILES string of the molecule is CCOc1cc(/C=N/NC(=O)c2sc(C)nc2C)cc([N+](=O)[O-])c1O. The molecule has 2 rings (SSSR count). The normalized spacial score (nSPS) is 10.8. The average Bonchev–Trinajstić information content (AvgIpc) is 2.88. The van der Waals surface area contributed by atoms with Gasteiger partial charge in [0.2, 0.25) is 5.75 Å². The molecular formula is C15H16N4O5S. The molecule has 0 unspecified atom stereocenters. The fraction of sp³-hybridized carbons (Fsp3) is 0.267. The minimum Gasteiger partial charge on any atom is -0.500 e. The summed E-state index contributed by atoms with van der Waals surface area (Å²) in [5.74, 6) is -1.00. The van der Waals surface area contributed by atoms with Crippen LogP contribution in [-0.2, 0) is 0 Å². The zero-order valence-corrected chi connectivity index (χ0v) is 14.6. The Bertz CT molecular complexity index is 847. The molecule has 2 aromatic rings. The lowest BCUT2D eigenvalue weighted by Gasteiger charge is -2.07. The molecule has 0 aliphatic carbocycles. The van der Waals surface area contributed by atoms with Crippen molar-refractivity contribution in [3.05, 3.63) is 43.4 Å². The van der Waals surface area contributed by atoms with E-state index < -0.39 is 22.3 Å². The highest BCUT2D eigenvalue weighted by molar-refractivity contribution is 7.13. The molecule has 1 aromatic carbocycles. The van der Waals surface area contributed by atoms with Crippen molar-refractivity contribution < 1.29 is 19.6 Å². The summed E-state index contributed by atoms with van der Waals surface area (Å²) >= 11 is 1.25. The third kappa shape index (κ3) is 4.29. The van der Waals surface area contributed by atoms with Crippen LogP contribution in [0.25, 0.3) is 0 Å². The maximum Gasteiger partial charge on any atom is 0.315 e. The molecule has 9 nitrogen and oxygen atoms in total. The summed E-state index contributed by atoms with van der Waals surface area (Å²) in [6.07, 6.45) is 1.23. The lowest BCUT2D eigenvalue weighted by molar-refractivity contribution is -0.386. The quantitative estimate of drug-likeness (QED) is 0.461. The second-order valence-corrected chi connectivity index (χ2v) is 6.13. The number of amides is 1. The first-order chi connectivity index (χ1) is 11.8. The molecule has 0 saturated carbocycles. The molecule has 25 heavy (non-hydrogen) atoms. The van der Waals surface area contributed by atoms with Crippen LogP contribution >= 0.6 is 11.3 Å². The molecule has 0 saturated heterocycles. The van der Waals surface area contributed by atoms with E-state index in [0.29, 0.717) is 16.1 Å². The van der Waals surface area contributed by atoms with E-state index in [1.165, 1.54) is 23.6 Å². The molecule has 132 valence electrons. The number of aromatic nitrogens is 1. The first-order valence-corrected chi connectivity index (χ1v) is 8.06. The van der Waals surface area contributed by atoms with Crippen molar-refractivity contribution in [2.75, 3.05) is 6.61 Å². The van der Waals surface area contributed by atoms with Crippen LogP contribution in [0, 0.1) is 24.0 Å². The summed E-state index contributed by atoms with van der Waals surface area (Å²) < 4.78 is 5.17. The van der Waals surface area contributed by atoms with Crippen molar-refractivity contribution in [2.45, 2.75) is 20.8 Å². The van der Waals surface area contributed by atoms with Gasteiger partial charge in [-0.3, -0.25) is 14.9 Å². The second-order valence-electron chi connectivity index (χ2n) is 4.92. The highest BCUT2D eigenvalue weighted by atomic mass is 32.1. The number of phenolic OH excluding ortho intramolecular Hbond substituents is 1. The number of hydrazone groups is 1. The van der Waals surface area contributed by atoms with Gasteiger partial charge in [-0.05, 0) is 26.8 Å². The summed E-state index contributed by atoms with van der Waals surface area (Å²) in [4.78, 5) is 26.9. The largest absolute Gasteiger partial charge is 0.500 e. The first kappa shape index (κ1) is 18.3. The number of carbonyl (C=O) groups is 1. The molecule has 0 aliphatic rings.